The number of hydrogen-bond acceptors (Lipinski definition) is 7. The lowest BCUT2D eigenvalue weighted by Gasteiger charge is -2.29. The van der Waals surface area contributed by atoms with Crippen LogP contribution in [0.15, 0.2) is 24.4 Å². The van der Waals surface area contributed by atoms with Crippen LogP contribution in [0.4, 0.5) is 24.8 Å². The first-order chi connectivity index (χ1) is 22.3. The topological polar surface area (TPSA) is 108 Å². The molecule has 1 aromatic heterocycles. The third kappa shape index (κ3) is 14.9. The number of nitrogens with one attached hydrogen (secondary N) is 3. The minimum atomic E-state index is -4.51. The molecule has 2 aromatic rings. The van der Waals surface area contributed by atoms with Crippen molar-refractivity contribution < 1.29 is 26.9 Å². The number of rotatable bonds is 10. The van der Waals surface area contributed by atoms with Crippen molar-refractivity contribution in [2.45, 2.75) is 97.7 Å². The van der Waals surface area contributed by atoms with Crippen LogP contribution in [0.2, 0.25) is 0 Å². The number of benzene rings is 1. The molecule has 1 aliphatic carbocycles. The van der Waals surface area contributed by atoms with E-state index in [-0.39, 0.29) is 23.6 Å². The van der Waals surface area contributed by atoms with E-state index in [9.17, 15) is 22.2 Å². The Kier molecular flexibility index (Phi) is 17.7. The predicted octanol–water partition coefficient (Wildman–Crippen LogP) is 7.27. The van der Waals surface area contributed by atoms with Gasteiger partial charge in [0, 0.05) is 23.6 Å². The summed E-state index contributed by atoms with van der Waals surface area (Å²) in [6.45, 7) is 9.54. The monoisotopic (exact) mass is 684 g/mol. The van der Waals surface area contributed by atoms with E-state index in [2.05, 4.69) is 58.0 Å². The molecular formula is C34H55F3N6O3S. The molecule has 0 spiro atoms. The number of hydrogen-bond donors (Lipinski definition) is 3. The van der Waals surface area contributed by atoms with Gasteiger partial charge in [0.25, 0.3) is 5.91 Å². The summed E-state index contributed by atoms with van der Waals surface area (Å²) in [6.07, 6.45) is 8.44. The van der Waals surface area contributed by atoms with Gasteiger partial charge in [-0.15, -0.1) is 0 Å². The maximum atomic E-state index is 12.9. The van der Waals surface area contributed by atoms with Gasteiger partial charge in [0.15, 0.2) is 0 Å². The number of methoxy groups -OCH3 is 1. The van der Waals surface area contributed by atoms with Crippen LogP contribution in [-0.4, -0.2) is 71.1 Å². The number of carbonyl (C=O) groups excluding carboxylic acids is 1. The predicted molar refractivity (Wildman–Crippen MR) is 184 cm³/mol. The first kappa shape index (κ1) is 40.4. The molecule has 1 amide bonds. The van der Waals surface area contributed by atoms with Crippen LogP contribution < -0.4 is 20.1 Å². The van der Waals surface area contributed by atoms with Crippen molar-refractivity contribution in [3.63, 3.8) is 0 Å². The Hall–Kier alpha value is -2.77. The third-order valence-electron chi connectivity index (χ3n) is 8.18. The number of nitrogens with zero attached hydrogens (tertiary/aromatic N) is 3. The number of alkyl halides is 3. The molecule has 3 N–H and O–H groups in total. The molecule has 9 nitrogen and oxygen atoms in total. The molecule has 0 radical (unpaired) electrons. The average Bonchev–Trinajstić information content (AvgIpc) is 3.02. The molecule has 1 saturated carbocycles. The van der Waals surface area contributed by atoms with Crippen molar-refractivity contribution in [2.24, 2.45) is 11.8 Å². The third-order valence-corrected chi connectivity index (χ3v) is 9.61. The zero-order chi connectivity index (χ0) is 35.0. The highest BCUT2D eigenvalue weighted by Gasteiger charge is 2.33. The van der Waals surface area contributed by atoms with Gasteiger partial charge >= 0.3 is 6.18 Å². The van der Waals surface area contributed by atoms with Crippen molar-refractivity contribution >= 4 is 28.5 Å². The molecular weight excluding hydrogens is 629 g/mol. The number of piperidine rings is 1. The molecule has 47 heavy (non-hydrogen) atoms. The number of ether oxygens (including phenoxy) is 1. The van der Waals surface area contributed by atoms with Crippen molar-refractivity contribution in [1.82, 2.24) is 24.9 Å². The smallest absolute Gasteiger partial charge is 0.419 e. The van der Waals surface area contributed by atoms with E-state index in [4.69, 9.17) is 4.74 Å². The molecule has 2 heterocycles. The van der Waals surface area contributed by atoms with E-state index < -0.39 is 22.7 Å². The lowest BCUT2D eigenvalue weighted by Crippen LogP contribution is -2.43. The standard InChI is InChI=1S/C20H24F3N5O2.C9H18.C5H13NOS/c1-12-15(20(21,22)23)11-24-19(25-12)27-16-5-4-13(10-17(16)30-3)18(29)26-14-6-8-28(2)9-7-14;1-2-6-9-7-4-3-5-8-9;1-5(2)4-8(7)6-3/h4-5,10-11,14H,6-9H2,1-3H3,(H,26,29)(H,24,25,27);9H,2-8H2,1H3;5-6H,4H2,1-3H3. The molecule has 13 heteroatoms. The van der Waals surface area contributed by atoms with E-state index in [1.165, 1.54) is 59.0 Å². The van der Waals surface area contributed by atoms with E-state index in [0.29, 0.717) is 22.9 Å². The van der Waals surface area contributed by atoms with Crippen molar-refractivity contribution in [2.75, 3.05) is 45.4 Å². The molecule has 1 unspecified atom stereocenters. The highest BCUT2D eigenvalue weighted by atomic mass is 32.2. The van der Waals surface area contributed by atoms with Crippen LogP contribution in [0, 0.1) is 18.8 Å². The number of halogens is 3. The van der Waals surface area contributed by atoms with Gasteiger partial charge in [-0.05, 0) is 77.0 Å². The Balaban J connectivity index is 0.000000368. The minimum Gasteiger partial charge on any atom is -0.495 e. The van der Waals surface area contributed by atoms with E-state index >= 15 is 0 Å². The summed E-state index contributed by atoms with van der Waals surface area (Å²) in [5.74, 6) is 2.52. The van der Waals surface area contributed by atoms with Crippen LogP contribution in [0.1, 0.15) is 100 Å². The van der Waals surface area contributed by atoms with Crippen molar-refractivity contribution in [1.29, 1.82) is 0 Å². The lowest BCUT2D eigenvalue weighted by atomic mass is 9.86. The first-order valence-electron chi connectivity index (χ1n) is 16.7. The summed E-state index contributed by atoms with van der Waals surface area (Å²) in [4.78, 5) is 22.4. The molecule has 4 rings (SSSR count). The largest absolute Gasteiger partial charge is 0.495 e. The highest BCUT2D eigenvalue weighted by molar-refractivity contribution is 7.82. The number of carbonyl (C=O) groups is 1. The number of anilines is 2. The zero-order valence-corrected chi connectivity index (χ0v) is 30.0. The summed E-state index contributed by atoms with van der Waals surface area (Å²) in [6, 6.07) is 4.93. The van der Waals surface area contributed by atoms with Crippen LogP contribution in [0.3, 0.4) is 0 Å². The minimum absolute atomic E-state index is 0.00215. The van der Waals surface area contributed by atoms with Crippen LogP contribution in [0.25, 0.3) is 0 Å². The average molecular weight is 685 g/mol. The quantitative estimate of drug-likeness (QED) is 0.242. The molecule has 1 aromatic carbocycles. The van der Waals surface area contributed by atoms with E-state index in [1.54, 1.807) is 25.2 Å². The summed E-state index contributed by atoms with van der Waals surface area (Å²) in [5.41, 5.74) is -0.206. The molecule has 1 saturated heterocycles. The van der Waals surface area contributed by atoms with Crippen LogP contribution >= 0.6 is 0 Å². The molecule has 0 bridgehead atoms. The number of aromatic nitrogens is 2. The fraction of sp³-hybridized carbons (Fsp3) is 0.676. The number of aryl methyl sites for hydroxylation is 1. The summed E-state index contributed by atoms with van der Waals surface area (Å²) in [5, 5.41) is 5.87. The Morgan fingerprint density at radius 1 is 1.13 bits per heavy atom. The second-order valence-corrected chi connectivity index (χ2v) is 14.1. The summed E-state index contributed by atoms with van der Waals surface area (Å²) < 4.78 is 57.2. The number of likely N-dealkylation sites (tertiary alicyclic amines) is 1. The Morgan fingerprint density at radius 2 is 1.79 bits per heavy atom. The Labute approximate surface area is 281 Å². The van der Waals surface area contributed by atoms with Gasteiger partial charge in [0.05, 0.1) is 35.0 Å². The molecule has 2 aliphatic rings. The zero-order valence-electron chi connectivity index (χ0n) is 29.1. The van der Waals surface area contributed by atoms with Gasteiger partial charge in [-0.1, -0.05) is 65.7 Å². The maximum Gasteiger partial charge on any atom is 0.419 e. The van der Waals surface area contributed by atoms with Gasteiger partial charge < -0.3 is 20.3 Å². The number of amides is 1. The Bertz CT molecular complexity index is 1250. The van der Waals surface area contributed by atoms with Gasteiger partial charge in [-0.2, -0.15) is 13.2 Å². The normalized spacial score (nSPS) is 16.7. The van der Waals surface area contributed by atoms with Crippen LogP contribution in [-0.2, 0) is 17.2 Å². The lowest BCUT2D eigenvalue weighted by molar-refractivity contribution is -0.138. The molecule has 1 atom stereocenters. The highest BCUT2D eigenvalue weighted by Crippen LogP contribution is 2.32. The van der Waals surface area contributed by atoms with Crippen molar-refractivity contribution in [3.05, 3.63) is 41.2 Å². The van der Waals surface area contributed by atoms with E-state index in [0.717, 1.165) is 43.8 Å². The van der Waals surface area contributed by atoms with Gasteiger partial charge in [-0.3, -0.25) is 4.79 Å². The fourth-order valence-electron chi connectivity index (χ4n) is 5.55. The van der Waals surface area contributed by atoms with Gasteiger partial charge in [0.1, 0.15) is 5.75 Å². The second kappa shape index (κ2) is 20.6. The maximum absolute atomic E-state index is 12.9. The van der Waals surface area contributed by atoms with E-state index in [1.807, 2.05) is 0 Å². The first-order valence-corrected chi connectivity index (χ1v) is 18.0. The van der Waals surface area contributed by atoms with Crippen LogP contribution in [0.5, 0.6) is 5.75 Å². The van der Waals surface area contributed by atoms with Crippen molar-refractivity contribution in [3.8, 4) is 5.75 Å². The summed E-state index contributed by atoms with van der Waals surface area (Å²) >= 11 is 0. The fourth-order valence-corrected chi connectivity index (χ4v) is 6.33. The van der Waals surface area contributed by atoms with Gasteiger partial charge in [-0.25, -0.2) is 18.9 Å². The second-order valence-electron chi connectivity index (χ2n) is 12.7. The SMILES string of the molecule is CCCC1CCCCC1.CNS(=O)CC(C)C.COc1cc(C(=O)NC2CCN(C)CC2)ccc1Nc1ncc(C(F)(F)F)c(C)n1. The molecule has 2 fully saturated rings. The van der Waals surface area contributed by atoms with Gasteiger partial charge in [0.2, 0.25) is 5.95 Å². The Morgan fingerprint density at radius 3 is 2.30 bits per heavy atom. The molecule has 266 valence electrons. The summed E-state index contributed by atoms with van der Waals surface area (Å²) in [7, 11) is 4.39. The molecule has 1 aliphatic heterocycles.